The Kier molecular flexibility index (Phi) is 8.20. The van der Waals surface area contributed by atoms with Crippen molar-refractivity contribution in [2.45, 2.75) is 51.3 Å². The molecule has 1 aliphatic heterocycles. The average molecular weight is 452 g/mol. The molecule has 0 aromatic carbocycles. The highest BCUT2D eigenvalue weighted by molar-refractivity contribution is 14.0. The molecule has 23 heavy (non-hydrogen) atoms. The van der Waals surface area contributed by atoms with E-state index in [1.165, 1.54) is 6.42 Å². The molecule has 1 N–H and O–H groups in total. The maximum Gasteiger partial charge on any atom is 0.213 e. The number of aromatic nitrogens is 1. The third kappa shape index (κ3) is 5.85. The predicted molar refractivity (Wildman–Crippen MR) is 109 cm³/mol. The zero-order valence-electron chi connectivity index (χ0n) is 14.8. The maximum atomic E-state index is 5.82. The Balaban J connectivity index is 0.00000264. The van der Waals surface area contributed by atoms with Gasteiger partial charge in [0.05, 0.1) is 12.7 Å². The monoisotopic (exact) mass is 452 g/mol. The molecule has 1 aromatic rings. The topological polar surface area (TPSA) is 53.7 Å². The van der Waals surface area contributed by atoms with Gasteiger partial charge >= 0.3 is 0 Å². The molecule has 1 saturated heterocycles. The van der Waals surface area contributed by atoms with Crippen LogP contribution < -0.4 is 5.32 Å². The van der Waals surface area contributed by atoms with Gasteiger partial charge in [0.25, 0.3) is 0 Å². The Labute approximate surface area is 161 Å². The van der Waals surface area contributed by atoms with Crippen molar-refractivity contribution < 1.29 is 4.42 Å². The number of nitrogens with one attached hydrogen (secondary N) is 1. The van der Waals surface area contributed by atoms with Crippen LogP contribution in [0.3, 0.4) is 0 Å². The van der Waals surface area contributed by atoms with E-state index in [0.29, 0.717) is 17.7 Å². The van der Waals surface area contributed by atoms with Crippen molar-refractivity contribution in [3.63, 3.8) is 0 Å². The first-order chi connectivity index (χ1) is 10.4. The van der Waals surface area contributed by atoms with Gasteiger partial charge in [-0.3, -0.25) is 4.99 Å². The molecule has 0 spiro atoms. The largest absolute Gasteiger partial charge is 0.443 e. The van der Waals surface area contributed by atoms with E-state index in [-0.39, 0.29) is 29.4 Å². The third-order valence-electron chi connectivity index (χ3n) is 3.80. The van der Waals surface area contributed by atoms with Gasteiger partial charge in [-0.05, 0) is 6.42 Å². The Hall–Kier alpha value is -0.440. The summed E-state index contributed by atoms with van der Waals surface area (Å²) in [7, 11) is 1.83. The van der Waals surface area contributed by atoms with Crippen LogP contribution in [0.1, 0.15) is 45.8 Å². The van der Waals surface area contributed by atoms with Gasteiger partial charge in [0.1, 0.15) is 5.76 Å². The van der Waals surface area contributed by atoms with Crippen molar-refractivity contribution >= 4 is 41.7 Å². The number of oxazole rings is 1. The molecule has 0 saturated carbocycles. The Bertz CT molecular complexity index is 512. The summed E-state index contributed by atoms with van der Waals surface area (Å²) in [5, 5.41) is 4.07. The minimum atomic E-state index is -0.00857. The lowest BCUT2D eigenvalue weighted by Gasteiger charge is -2.34. The molecule has 1 unspecified atom stereocenters. The molecule has 7 heteroatoms. The normalized spacial score (nSPS) is 19.4. The Morgan fingerprint density at radius 1 is 1.52 bits per heavy atom. The maximum absolute atomic E-state index is 5.82. The van der Waals surface area contributed by atoms with Crippen LogP contribution in [0.25, 0.3) is 0 Å². The molecular weight excluding hydrogens is 423 g/mol. The van der Waals surface area contributed by atoms with Crippen molar-refractivity contribution in [3.8, 4) is 0 Å². The van der Waals surface area contributed by atoms with Gasteiger partial charge in [-0.1, -0.05) is 27.7 Å². The molecule has 2 heterocycles. The molecule has 132 valence electrons. The zero-order chi connectivity index (χ0) is 16.2. The molecule has 1 atom stereocenters. The van der Waals surface area contributed by atoms with Crippen LogP contribution in [-0.4, -0.2) is 47.0 Å². The van der Waals surface area contributed by atoms with Crippen LogP contribution in [0, 0.1) is 0 Å². The van der Waals surface area contributed by atoms with Crippen LogP contribution in [0.15, 0.2) is 15.6 Å². The number of hydrogen-bond donors (Lipinski definition) is 1. The SMILES string of the molecule is CCC1CN(C(=NC)NCc2ncc(C(C)(C)C)o2)CCS1.I. The summed E-state index contributed by atoms with van der Waals surface area (Å²) in [5.74, 6) is 3.73. The summed E-state index contributed by atoms with van der Waals surface area (Å²) in [6, 6.07) is 0. The molecule has 0 bridgehead atoms. The lowest BCUT2D eigenvalue weighted by atomic mass is 9.94. The highest BCUT2D eigenvalue weighted by Crippen LogP contribution is 2.23. The quantitative estimate of drug-likeness (QED) is 0.432. The van der Waals surface area contributed by atoms with Crippen molar-refractivity contribution in [3.05, 3.63) is 17.8 Å². The van der Waals surface area contributed by atoms with Gasteiger partial charge in [0.15, 0.2) is 5.96 Å². The molecular formula is C16H29IN4OS. The summed E-state index contributed by atoms with van der Waals surface area (Å²) in [4.78, 5) is 11.1. The highest BCUT2D eigenvalue weighted by atomic mass is 127. The second kappa shape index (κ2) is 9.15. The van der Waals surface area contributed by atoms with Gasteiger partial charge in [-0.25, -0.2) is 4.98 Å². The Morgan fingerprint density at radius 3 is 2.83 bits per heavy atom. The summed E-state index contributed by atoms with van der Waals surface area (Å²) in [6.45, 7) is 11.3. The third-order valence-corrected chi connectivity index (χ3v) is 5.17. The smallest absolute Gasteiger partial charge is 0.213 e. The first-order valence-corrected chi connectivity index (χ1v) is 9.01. The van der Waals surface area contributed by atoms with E-state index in [0.717, 1.165) is 30.6 Å². The van der Waals surface area contributed by atoms with Crippen LogP contribution in [-0.2, 0) is 12.0 Å². The molecule has 0 radical (unpaired) electrons. The lowest BCUT2D eigenvalue weighted by molar-refractivity contribution is 0.372. The van der Waals surface area contributed by atoms with Crippen LogP contribution >= 0.6 is 35.7 Å². The molecule has 1 aromatic heterocycles. The number of nitrogens with zero attached hydrogens (tertiary/aromatic N) is 3. The van der Waals surface area contributed by atoms with Gasteiger partial charge in [0, 0.05) is 36.6 Å². The Morgan fingerprint density at radius 2 is 2.26 bits per heavy atom. The molecule has 2 rings (SSSR count). The first kappa shape index (κ1) is 20.6. The standard InChI is InChI=1S/C16H28N4OS.HI/c1-6-12-11-20(7-8-22-12)15(17-5)19-10-14-18-9-13(21-14)16(2,3)4;/h9,12H,6-8,10-11H2,1-5H3,(H,17,19);1H. The van der Waals surface area contributed by atoms with Crippen molar-refractivity contribution in [2.24, 2.45) is 4.99 Å². The number of thioether (sulfide) groups is 1. The van der Waals surface area contributed by atoms with Crippen molar-refractivity contribution in [1.29, 1.82) is 0 Å². The van der Waals surface area contributed by atoms with Crippen LogP contribution in [0.2, 0.25) is 0 Å². The summed E-state index contributed by atoms with van der Waals surface area (Å²) in [6.07, 6.45) is 3.03. The van der Waals surface area contributed by atoms with E-state index in [9.17, 15) is 0 Å². The average Bonchev–Trinajstić information content (AvgIpc) is 2.97. The van der Waals surface area contributed by atoms with Gasteiger partial charge in [-0.2, -0.15) is 11.8 Å². The zero-order valence-corrected chi connectivity index (χ0v) is 17.9. The minimum absolute atomic E-state index is 0. The summed E-state index contributed by atoms with van der Waals surface area (Å²) >= 11 is 2.06. The molecule has 0 aliphatic carbocycles. The van der Waals surface area contributed by atoms with Crippen LogP contribution in [0.5, 0.6) is 0 Å². The van der Waals surface area contributed by atoms with E-state index >= 15 is 0 Å². The minimum Gasteiger partial charge on any atom is -0.443 e. The number of aliphatic imine (C=N–C) groups is 1. The van der Waals surface area contributed by atoms with Crippen molar-refractivity contribution in [1.82, 2.24) is 15.2 Å². The van der Waals surface area contributed by atoms with E-state index < -0.39 is 0 Å². The number of halogens is 1. The fourth-order valence-corrected chi connectivity index (χ4v) is 3.56. The van der Waals surface area contributed by atoms with Crippen LogP contribution in [0.4, 0.5) is 0 Å². The number of hydrogen-bond acceptors (Lipinski definition) is 4. The summed E-state index contributed by atoms with van der Waals surface area (Å²) in [5.41, 5.74) is -0.00857. The second-order valence-corrected chi connectivity index (χ2v) is 8.02. The second-order valence-electron chi connectivity index (χ2n) is 6.62. The summed E-state index contributed by atoms with van der Waals surface area (Å²) < 4.78 is 5.82. The lowest BCUT2D eigenvalue weighted by Crippen LogP contribution is -2.47. The predicted octanol–water partition coefficient (Wildman–Crippen LogP) is 3.49. The molecule has 1 aliphatic rings. The first-order valence-electron chi connectivity index (χ1n) is 7.96. The van der Waals surface area contributed by atoms with E-state index in [1.54, 1.807) is 0 Å². The van der Waals surface area contributed by atoms with E-state index in [4.69, 9.17) is 4.42 Å². The molecule has 5 nitrogen and oxygen atoms in total. The fraction of sp³-hybridized carbons (Fsp3) is 0.750. The number of rotatable bonds is 3. The van der Waals surface area contributed by atoms with Gasteiger partial charge in [0.2, 0.25) is 5.89 Å². The van der Waals surface area contributed by atoms with Crippen molar-refractivity contribution in [2.75, 3.05) is 25.9 Å². The molecule has 0 amide bonds. The van der Waals surface area contributed by atoms with E-state index in [2.05, 4.69) is 59.6 Å². The fourth-order valence-electron chi connectivity index (χ4n) is 2.38. The van der Waals surface area contributed by atoms with E-state index in [1.807, 2.05) is 13.2 Å². The number of guanidine groups is 1. The molecule has 1 fully saturated rings. The van der Waals surface area contributed by atoms with Gasteiger partial charge < -0.3 is 14.6 Å². The van der Waals surface area contributed by atoms with Gasteiger partial charge in [-0.15, -0.1) is 24.0 Å². The highest BCUT2D eigenvalue weighted by Gasteiger charge is 2.22.